The van der Waals surface area contributed by atoms with E-state index in [-0.39, 0.29) is 36.0 Å². The third kappa shape index (κ3) is 7.26. The molecule has 0 bridgehead atoms. The summed E-state index contributed by atoms with van der Waals surface area (Å²) in [4.78, 5) is 27.7. The maximum absolute atomic E-state index is 14.7. The normalized spacial score (nSPS) is 11.9. The van der Waals surface area contributed by atoms with Crippen molar-refractivity contribution in [2.75, 3.05) is 6.54 Å². The second-order valence-electron chi connectivity index (χ2n) is 8.30. The van der Waals surface area contributed by atoms with Gasteiger partial charge in [0.05, 0.1) is 21.9 Å². The first-order valence-electron chi connectivity index (χ1n) is 11.6. The van der Waals surface area contributed by atoms with Gasteiger partial charge in [-0.05, 0) is 42.7 Å². The van der Waals surface area contributed by atoms with E-state index in [1.165, 1.54) is 0 Å². The van der Waals surface area contributed by atoms with Crippen molar-refractivity contribution < 1.29 is 17.6 Å². The second-order valence-corrected chi connectivity index (χ2v) is 10.5. The fraction of sp³-hybridized carbons (Fsp3) is 0.269. The van der Waals surface area contributed by atoms with Crippen LogP contribution in [0.4, 0.5) is 4.39 Å². The van der Waals surface area contributed by atoms with Crippen molar-refractivity contribution in [1.29, 1.82) is 5.26 Å². The molecule has 3 aromatic rings. The van der Waals surface area contributed by atoms with Crippen LogP contribution in [0.2, 0.25) is 5.02 Å². The number of benzene rings is 2. The zero-order chi connectivity index (χ0) is 27.0. The zero-order valence-corrected chi connectivity index (χ0v) is 21.7. The fourth-order valence-corrected chi connectivity index (χ4v) is 4.75. The molecule has 0 radical (unpaired) electrons. The van der Waals surface area contributed by atoms with Gasteiger partial charge in [0, 0.05) is 29.9 Å². The molecule has 0 aliphatic carbocycles. The van der Waals surface area contributed by atoms with Crippen LogP contribution in [0.25, 0.3) is 10.9 Å². The van der Waals surface area contributed by atoms with Gasteiger partial charge in [0.15, 0.2) is 0 Å². The van der Waals surface area contributed by atoms with Crippen molar-refractivity contribution >= 4 is 38.4 Å². The minimum absolute atomic E-state index is 0.0724. The van der Waals surface area contributed by atoms with Gasteiger partial charge in [-0.2, -0.15) is 5.26 Å². The van der Waals surface area contributed by atoms with E-state index in [4.69, 9.17) is 11.6 Å². The number of nitriles is 1. The summed E-state index contributed by atoms with van der Waals surface area (Å²) in [5.41, 5.74) is -0.126. The van der Waals surface area contributed by atoms with E-state index in [9.17, 15) is 27.7 Å². The van der Waals surface area contributed by atoms with E-state index in [1.807, 2.05) is 13.0 Å². The Morgan fingerprint density at radius 3 is 2.65 bits per heavy atom. The standard InChI is InChI=1S/C26H26ClFN4O4S/c1-2-3-4-5-17(14-29)10-11-32-37(35,36)20-12-21-24(23(28)13-20)30-16-22(25(21)33)26(34)31-15-18-6-8-19(27)9-7-18/h5-9,12-13,16,32H,2-4,10-11,15H2,1H3,(H,30,33)(H,31,34). The Balaban J connectivity index is 1.80. The first kappa shape index (κ1) is 28.1. The lowest BCUT2D eigenvalue weighted by molar-refractivity contribution is 0.0949. The molecule has 37 heavy (non-hydrogen) atoms. The van der Waals surface area contributed by atoms with E-state index < -0.39 is 32.1 Å². The average Bonchev–Trinajstić information content (AvgIpc) is 2.87. The first-order valence-corrected chi connectivity index (χ1v) is 13.5. The lowest BCUT2D eigenvalue weighted by Gasteiger charge is -2.10. The van der Waals surface area contributed by atoms with Gasteiger partial charge in [-0.15, -0.1) is 0 Å². The summed E-state index contributed by atoms with van der Waals surface area (Å²) < 4.78 is 42.7. The van der Waals surface area contributed by atoms with Crippen LogP contribution in [-0.2, 0) is 16.6 Å². The SMILES string of the molecule is CCCCC=C(C#N)CCNS(=O)(=O)c1cc(F)c2[nH]cc(C(=O)NCc3ccc(Cl)cc3)c(=O)c2c1. The van der Waals surface area contributed by atoms with Gasteiger partial charge in [0.1, 0.15) is 11.4 Å². The van der Waals surface area contributed by atoms with Crippen molar-refractivity contribution in [3.05, 3.63) is 86.4 Å². The molecule has 0 atom stereocenters. The Morgan fingerprint density at radius 1 is 1.24 bits per heavy atom. The van der Waals surface area contributed by atoms with E-state index in [0.717, 1.165) is 43.2 Å². The Kier molecular flexibility index (Phi) is 9.58. The summed E-state index contributed by atoms with van der Waals surface area (Å²) in [6.45, 7) is 2.08. The van der Waals surface area contributed by atoms with E-state index in [2.05, 4.69) is 15.0 Å². The molecule has 0 saturated carbocycles. The number of hydrogen-bond acceptors (Lipinski definition) is 5. The second kappa shape index (κ2) is 12.6. The molecule has 2 aromatic carbocycles. The summed E-state index contributed by atoms with van der Waals surface area (Å²) in [6, 6.07) is 10.6. The van der Waals surface area contributed by atoms with Crippen LogP contribution >= 0.6 is 11.6 Å². The number of amides is 1. The number of unbranched alkanes of at least 4 members (excludes halogenated alkanes) is 2. The van der Waals surface area contributed by atoms with Gasteiger partial charge in [-0.25, -0.2) is 17.5 Å². The summed E-state index contributed by atoms with van der Waals surface area (Å²) in [5.74, 6) is -1.66. The van der Waals surface area contributed by atoms with Crippen molar-refractivity contribution in [2.45, 2.75) is 44.0 Å². The van der Waals surface area contributed by atoms with Gasteiger partial charge in [0.2, 0.25) is 15.5 Å². The molecule has 0 unspecified atom stereocenters. The first-order chi connectivity index (χ1) is 17.7. The maximum Gasteiger partial charge on any atom is 0.257 e. The predicted molar refractivity (Wildman–Crippen MR) is 140 cm³/mol. The van der Waals surface area contributed by atoms with Crippen LogP contribution in [-0.4, -0.2) is 25.9 Å². The molecule has 1 aromatic heterocycles. The van der Waals surface area contributed by atoms with Gasteiger partial charge < -0.3 is 10.3 Å². The highest BCUT2D eigenvalue weighted by atomic mass is 35.5. The summed E-state index contributed by atoms with van der Waals surface area (Å²) in [6.07, 6.45) is 5.65. The third-order valence-electron chi connectivity index (χ3n) is 5.61. The Morgan fingerprint density at radius 2 is 1.97 bits per heavy atom. The Bertz CT molecular complexity index is 1530. The lowest BCUT2D eigenvalue weighted by atomic mass is 10.1. The molecule has 8 nitrogen and oxygen atoms in total. The summed E-state index contributed by atoms with van der Waals surface area (Å²) in [7, 11) is -4.19. The number of pyridine rings is 1. The molecule has 0 fully saturated rings. The van der Waals surface area contributed by atoms with Gasteiger partial charge in [-0.3, -0.25) is 9.59 Å². The van der Waals surface area contributed by atoms with E-state index in [0.29, 0.717) is 10.6 Å². The number of fused-ring (bicyclic) bond motifs is 1. The lowest BCUT2D eigenvalue weighted by Crippen LogP contribution is -2.29. The van der Waals surface area contributed by atoms with Crippen molar-refractivity contribution in [1.82, 2.24) is 15.0 Å². The molecule has 1 amide bonds. The molecule has 0 aliphatic rings. The molecule has 1 heterocycles. The highest BCUT2D eigenvalue weighted by Crippen LogP contribution is 2.20. The Labute approximate surface area is 219 Å². The number of nitrogens with zero attached hydrogens (tertiary/aromatic N) is 1. The number of hydrogen-bond donors (Lipinski definition) is 3. The van der Waals surface area contributed by atoms with Crippen LogP contribution < -0.4 is 15.5 Å². The zero-order valence-electron chi connectivity index (χ0n) is 20.1. The maximum atomic E-state index is 14.7. The smallest absolute Gasteiger partial charge is 0.257 e. The van der Waals surface area contributed by atoms with Crippen LogP contribution in [0.15, 0.2) is 63.9 Å². The van der Waals surface area contributed by atoms with Crippen molar-refractivity contribution in [3.63, 3.8) is 0 Å². The van der Waals surface area contributed by atoms with Crippen LogP contribution in [0.3, 0.4) is 0 Å². The predicted octanol–water partition coefficient (Wildman–Crippen LogP) is 4.56. The van der Waals surface area contributed by atoms with Gasteiger partial charge >= 0.3 is 0 Å². The van der Waals surface area contributed by atoms with Crippen molar-refractivity contribution in [2.24, 2.45) is 0 Å². The molecule has 3 N–H and O–H groups in total. The van der Waals surface area contributed by atoms with Crippen molar-refractivity contribution in [3.8, 4) is 6.07 Å². The summed E-state index contributed by atoms with van der Waals surface area (Å²) >= 11 is 5.85. The highest BCUT2D eigenvalue weighted by molar-refractivity contribution is 7.89. The molecular formula is C26H26ClFN4O4S. The molecule has 11 heteroatoms. The topological polar surface area (TPSA) is 132 Å². The molecule has 194 valence electrons. The summed E-state index contributed by atoms with van der Waals surface area (Å²) in [5, 5.41) is 12.1. The minimum atomic E-state index is -4.19. The van der Waals surface area contributed by atoms with Crippen LogP contribution in [0, 0.1) is 17.1 Å². The average molecular weight is 545 g/mol. The van der Waals surface area contributed by atoms with E-state index >= 15 is 0 Å². The number of aromatic amines is 1. The molecule has 3 rings (SSSR count). The highest BCUT2D eigenvalue weighted by Gasteiger charge is 2.20. The largest absolute Gasteiger partial charge is 0.358 e. The van der Waals surface area contributed by atoms with E-state index in [1.54, 1.807) is 30.3 Å². The quantitative estimate of drug-likeness (QED) is 0.240. The minimum Gasteiger partial charge on any atom is -0.358 e. The number of nitrogens with one attached hydrogen (secondary N) is 3. The van der Waals surface area contributed by atoms with Gasteiger partial charge in [0.25, 0.3) is 5.91 Å². The number of halogens is 2. The number of carbonyl (C=O) groups excluding carboxylic acids is 1. The monoisotopic (exact) mass is 544 g/mol. The number of sulfonamides is 1. The fourth-order valence-electron chi connectivity index (χ4n) is 3.55. The molecule has 0 spiro atoms. The number of allylic oxidation sites excluding steroid dienone is 1. The number of H-pyrrole nitrogens is 1. The third-order valence-corrected chi connectivity index (χ3v) is 7.31. The molecule has 0 saturated heterocycles. The number of aromatic nitrogens is 1. The number of carbonyl (C=O) groups is 1. The van der Waals surface area contributed by atoms with Gasteiger partial charge in [-0.1, -0.05) is 49.6 Å². The molecule has 0 aliphatic heterocycles. The van der Waals surface area contributed by atoms with Crippen LogP contribution in [0.5, 0.6) is 0 Å². The Hall–Kier alpha value is -3.52. The van der Waals surface area contributed by atoms with Crippen LogP contribution in [0.1, 0.15) is 48.5 Å². The number of rotatable bonds is 11. The molecular weight excluding hydrogens is 519 g/mol.